The van der Waals surface area contributed by atoms with Gasteiger partial charge in [-0.3, -0.25) is 4.57 Å². The number of H-pyrrole nitrogens is 1. The Balaban J connectivity index is 2.48. The molecule has 0 saturated carbocycles. The molecule has 20 heavy (non-hydrogen) atoms. The fourth-order valence-corrected chi connectivity index (χ4v) is 2.95. The molecule has 3 rings (SSSR count). The molecule has 1 N–H and O–H groups in total. The number of fused-ring (bicyclic) bond motifs is 1. The van der Waals surface area contributed by atoms with Gasteiger partial charge in [-0.05, 0) is 42.9 Å². The van der Waals surface area contributed by atoms with E-state index in [1.165, 1.54) is 0 Å². The number of nitriles is 1. The van der Waals surface area contributed by atoms with Gasteiger partial charge < -0.3 is 4.98 Å². The summed E-state index contributed by atoms with van der Waals surface area (Å²) in [5.41, 5.74) is 4.03. The summed E-state index contributed by atoms with van der Waals surface area (Å²) in [4.78, 5) is 3.10. The van der Waals surface area contributed by atoms with Crippen LogP contribution in [0.2, 0.25) is 5.02 Å². The number of imidazole rings is 1. The lowest BCUT2D eigenvalue weighted by atomic mass is 10.1. The molecule has 0 aliphatic heterocycles. The molecule has 2 aromatic carbocycles. The smallest absolute Gasteiger partial charge is 0.182 e. The van der Waals surface area contributed by atoms with Crippen LogP contribution in [0.25, 0.3) is 16.7 Å². The van der Waals surface area contributed by atoms with E-state index in [-0.39, 0.29) is 0 Å². The molecule has 0 amide bonds. The number of benzene rings is 2. The minimum absolute atomic E-state index is 0.527. The zero-order valence-corrected chi connectivity index (χ0v) is 12.2. The van der Waals surface area contributed by atoms with E-state index in [1.54, 1.807) is 6.07 Å². The first-order valence-corrected chi connectivity index (χ1v) is 6.81. The molecule has 0 aliphatic rings. The molecule has 0 spiro atoms. The van der Waals surface area contributed by atoms with Crippen molar-refractivity contribution < 1.29 is 0 Å². The van der Waals surface area contributed by atoms with Crippen molar-refractivity contribution in [3.63, 3.8) is 0 Å². The first-order valence-electron chi connectivity index (χ1n) is 6.03. The molecule has 0 aliphatic carbocycles. The minimum Gasteiger partial charge on any atom is -0.329 e. The second-order valence-electron chi connectivity index (χ2n) is 4.48. The van der Waals surface area contributed by atoms with Crippen molar-refractivity contribution in [1.29, 1.82) is 5.26 Å². The van der Waals surface area contributed by atoms with Gasteiger partial charge in [-0.25, -0.2) is 0 Å². The predicted octanol–water partition coefficient (Wildman–Crippen LogP) is 4.52. The first-order chi connectivity index (χ1) is 9.63. The van der Waals surface area contributed by atoms with Gasteiger partial charge >= 0.3 is 0 Å². The summed E-state index contributed by atoms with van der Waals surface area (Å²) in [5, 5.41) is 9.81. The number of hydrogen-bond acceptors (Lipinski definition) is 2. The molecule has 3 aromatic rings. The van der Waals surface area contributed by atoms with E-state index in [9.17, 15) is 5.26 Å². The molecule has 0 radical (unpaired) electrons. The molecule has 98 valence electrons. The molecular weight excluding hydrogens is 290 g/mol. The average molecular weight is 300 g/mol. The molecular formula is C15H10ClN3S. The van der Waals surface area contributed by atoms with Gasteiger partial charge in [-0.2, -0.15) is 5.26 Å². The van der Waals surface area contributed by atoms with E-state index in [0.29, 0.717) is 15.4 Å². The van der Waals surface area contributed by atoms with Crippen molar-refractivity contribution in [2.45, 2.75) is 6.92 Å². The Bertz CT molecular complexity index is 895. The topological polar surface area (TPSA) is 44.5 Å². The molecule has 0 atom stereocenters. The maximum atomic E-state index is 9.18. The van der Waals surface area contributed by atoms with Crippen LogP contribution in [-0.4, -0.2) is 9.55 Å². The van der Waals surface area contributed by atoms with E-state index in [0.717, 1.165) is 22.3 Å². The summed E-state index contributed by atoms with van der Waals surface area (Å²) in [7, 11) is 0. The zero-order valence-electron chi connectivity index (χ0n) is 10.6. The lowest BCUT2D eigenvalue weighted by Crippen LogP contribution is -1.98. The fourth-order valence-electron chi connectivity index (χ4n) is 2.35. The van der Waals surface area contributed by atoms with Gasteiger partial charge in [-0.15, -0.1) is 0 Å². The number of aryl methyl sites for hydroxylation is 1. The number of aromatic amines is 1. The number of nitrogens with one attached hydrogen (secondary N) is 1. The van der Waals surface area contributed by atoms with E-state index in [4.69, 9.17) is 23.8 Å². The number of para-hydroxylation sites is 2. The Morgan fingerprint density at radius 1 is 1.25 bits per heavy atom. The fraction of sp³-hybridized carbons (Fsp3) is 0.0667. The van der Waals surface area contributed by atoms with Gasteiger partial charge in [0.15, 0.2) is 4.77 Å². The van der Waals surface area contributed by atoms with Crippen molar-refractivity contribution >= 4 is 34.9 Å². The molecule has 3 nitrogen and oxygen atoms in total. The Kier molecular flexibility index (Phi) is 3.09. The zero-order chi connectivity index (χ0) is 14.3. The molecule has 0 fully saturated rings. The highest BCUT2D eigenvalue weighted by Gasteiger charge is 2.13. The Morgan fingerprint density at radius 2 is 2.00 bits per heavy atom. The van der Waals surface area contributed by atoms with Crippen LogP contribution in [-0.2, 0) is 0 Å². The highest BCUT2D eigenvalue weighted by Crippen LogP contribution is 2.29. The lowest BCUT2D eigenvalue weighted by Gasteiger charge is -2.10. The number of aromatic nitrogens is 2. The SMILES string of the molecule is Cc1cccc(Cl)c1-n1c(=S)[nH]c2c(C#N)cccc21. The molecule has 1 aromatic heterocycles. The number of rotatable bonds is 1. The van der Waals surface area contributed by atoms with Crippen molar-refractivity contribution in [2.24, 2.45) is 0 Å². The van der Waals surface area contributed by atoms with E-state index < -0.39 is 0 Å². The summed E-state index contributed by atoms with van der Waals surface area (Å²) < 4.78 is 2.40. The van der Waals surface area contributed by atoms with Crippen LogP contribution in [0.15, 0.2) is 36.4 Å². The summed E-state index contributed by atoms with van der Waals surface area (Å²) >= 11 is 11.7. The summed E-state index contributed by atoms with van der Waals surface area (Å²) in [6.45, 7) is 1.98. The molecule has 5 heteroatoms. The van der Waals surface area contributed by atoms with Gasteiger partial charge in [-0.1, -0.05) is 29.8 Å². The summed E-state index contributed by atoms with van der Waals surface area (Å²) in [6, 6.07) is 13.4. The second kappa shape index (κ2) is 4.78. The van der Waals surface area contributed by atoms with Gasteiger partial charge in [0.2, 0.25) is 0 Å². The summed E-state index contributed by atoms with van der Waals surface area (Å²) in [5.74, 6) is 0. The predicted molar refractivity (Wildman–Crippen MR) is 82.9 cm³/mol. The number of hydrogen-bond donors (Lipinski definition) is 1. The van der Waals surface area contributed by atoms with Crippen LogP contribution >= 0.6 is 23.8 Å². The van der Waals surface area contributed by atoms with Crippen LogP contribution in [0.4, 0.5) is 0 Å². The minimum atomic E-state index is 0.527. The van der Waals surface area contributed by atoms with Crippen molar-refractivity contribution in [1.82, 2.24) is 9.55 Å². The van der Waals surface area contributed by atoms with Crippen LogP contribution < -0.4 is 0 Å². The van der Waals surface area contributed by atoms with Gasteiger partial charge in [0.25, 0.3) is 0 Å². The highest BCUT2D eigenvalue weighted by molar-refractivity contribution is 7.71. The van der Waals surface area contributed by atoms with Crippen molar-refractivity contribution in [3.05, 3.63) is 57.3 Å². The normalized spacial score (nSPS) is 10.7. The van der Waals surface area contributed by atoms with Crippen molar-refractivity contribution in [3.8, 4) is 11.8 Å². The number of halogens is 1. The van der Waals surface area contributed by atoms with Gasteiger partial charge in [0.05, 0.1) is 27.3 Å². The van der Waals surface area contributed by atoms with E-state index in [2.05, 4.69) is 11.1 Å². The van der Waals surface area contributed by atoms with Crippen LogP contribution in [0.5, 0.6) is 0 Å². The second-order valence-corrected chi connectivity index (χ2v) is 5.28. The van der Waals surface area contributed by atoms with Crippen LogP contribution in [0.3, 0.4) is 0 Å². The summed E-state index contributed by atoms with van der Waals surface area (Å²) in [6.07, 6.45) is 0. The molecule has 0 bridgehead atoms. The molecule has 0 unspecified atom stereocenters. The standard InChI is InChI=1S/C15H10ClN3S/c1-9-4-2-6-11(16)14(9)19-12-7-3-5-10(8-17)13(12)18-15(19)20/h2-7H,1H3,(H,18,20). The van der Waals surface area contributed by atoms with Crippen molar-refractivity contribution in [2.75, 3.05) is 0 Å². The number of nitrogens with zero attached hydrogens (tertiary/aromatic N) is 2. The Labute approximate surface area is 126 Å². The van der Waals surface area contributed by atoms with E-state index >= 15 is 0 Å². The van der Waals surface area contributed by atoms with E-state index in [1.807, 2.05) is 41.8 Å². The third-order valence-corrected chi connectivity index (χ3v) is 3.84. The third kappa shape index (κ3) is 1.83. The molecule has 0 saturated heterocycles. The third-order valence-electron chi connectivity index (χ3n) is 3.25. The lowest BCUT2D eigenvalue weighted by molar-refractivity contribution is 1.05. The monoisotopic (exact) mass is 299 g/mol. The first kappa shape index (κ1) is 12.9. The maximum absolute atomic E-state index is 9.18. The average Bonchev–Trinajstić information content (AvgIpc) is 2.75. The van der Waals surface area contributed by atoms with Gasteiger partial charge in [0, 0.05) is 0 Å². The quantitative estimate of drug-likeness (QED) is 0.671. The molecule has 1 heterocycles. The largest absolute Gasteiger partial charge is 0.329 e. The van der Waals surface area contributed by atoms with Crippen LogP contribution in [0, 0.1) is 23.0 Å². The van der Waals surface area contributed by atoms with Crippen LogP contribution in [0.1, 0.15) is 11.1 Å². The highest BCUT2D eigenvalue weighted by atomic mass is 35.5. The maximum Gasteiger partial charge on any atom is 0.182 e. The Hall–Kier alpha value is -2.09. The van der Waals surface area contributed by atoms with Gasteiger partial charge in [0.1, 0.15) is 6.07 Å². The Morgan fingerprint density at radius 3 is 2.70 bits per heavy atom.